The third-order valence-electron chi connectivity index (χ3n) is 5.23. The van der Waals surface area contributed by atoms with Crippen molar-refractivity contribution in [3.8, 4) is 5.75 Å². The number of anilines is 2. The van der Waals surface area contributed by atoms with Crippen LogP contribution in [0.4, 0.5) is 11.8 Å². The minimum atomic E-state index is -0.119. The molecule has 1 heterocycles. The van der Waals surface area contributed by atoms with Crippen molar-refractivity contribution in [3.63, 3.8) is 0 Å². The number of ether oxygens (including phenoxy) is 2. The first-order valence-electron chi connectivity index (χ1n) is 11.8. The van der Waals surface area contributed by atoms with Crippen molar-refractivity contribution in [2.24, 2.45) is 0 Å². The number of benzene rings is 1. The van der Waals surface area contributed by atoms with Gasteiger partial charge in [0, 0.05) is 24.6 Å². The normalized spacial score (nSPS) is 10.8. The molecule has 0 radical (unpaired) electrons. The molecule has 32 heavy (non-hydrogen) atoms. The van der Waals surface area contributed by atoms with Crippen LogP contribution in [0, 0.1) is 0 Å². The van der Waals surface area contributed by atoms with Crippen LogP contribution >= 0.6 is 0 Å². The van der Waals surface area contributed by atoms with Crippen LogP contribution in [0.3, 0.4) is 0 Å². The maximum absolute atomic E-state index is 11.5. The first kappa shape index (κ1) is 25.4. The molecule has 2 rings (SSSR count). The van der Waals surface area contributed by atoms with Gasteiger partial charge in [0.05, 0.1) is 13.2 Å². The lowest BCUT2D eigenvalue weighted by Crippen LogP contribution is -2.07. The third-order valence-corrected chi connectivity index (χ3v) is 5.23. The highest BCUT2D eigenvalue weighted by Crippen LogP contribution is 2.30. The summed E-state index contributed by atoms with van der Waals surface area (Å²) in [5.74, 6) is 1.52. The molecule has 0 saturated heterocycles. The number of aromatic nitrogens is 2. The molecule has 0 atom stereocenters. The van der Waals surface area contributed by atoms with E-state index in [0.717, 1.165) is 56.3 Å². The van der Waals surface area contributed by atoms with E-state index in [1.54, 1.807) is 6.20 Å². The molecule has 7 heteroatoms. The van der Waals surface area contributed by atoms with Crippen molar-refractivity contribution in [2.45, 2.75) is 78.6 Å². The van der Waals surface area contributed by atoms with E-state index in [4.69, 9.17) is 20.9 Å². The van der Waals surface area contributed by atoms with E-state index < -0.39 is 0 Å². The smallest absolute Gasteiger partial charge is 0.305 e. The first-order chi connectivity index (χ1) is 15.5. The monoisotopic (exact) mass is 442 g/mol. The Hall–Kier alpha value is -2.83. The molecule has 0 aliphatic heterocycles. The van der Waals surface area contributed by atoms with Crippen LogP contribution in [0.15, 0.2) is 18.3 Å². The molecular weight excluding hydrogens is 404 g/mol. The molecule has 0 spiro atoms. The molecule has 0 unspecified atom stereocenters. The standard InChI is InChI=1S/C25H38N4O3/c1-4-10-19-14-18(16-21-17-28-25(27)29-24(21)26)15-20(11-5-2)23(19)32-13-9-7-8-12-22(30)31-6-3/h14-15,17H,4-13,16H2,1-3H3,(H4,26,27,28,29). The molecule has 0 bridgehead atoms. The SMILES string of the molecule is CCCc1cc(Cc2cnc(N)nc2N)cc(CCC)c1OCCCCCC(=O)OCC. The number of nitrogen functional groups attached to an aromatic ring is 2. The summed E-state index contributed by atoms with van der Waals surface area (Å²) in [7, 11) is 0. The average molecular weight is 443 g/mol. The zero-order valence-electron chi connectivity index (χ0n) is 19.8. The molecule has 4 N–H and O–H groups in total. The van der Waals surface area contributed by atoms with Crippen LogP contribution in [-0.2, 0) is 28.8 Å². The van der Waals surface area contributed by atoms with Crippen LogP contribution in [0.1, 0.15) is 81.5 Å². The van der Waals surface area contributed by atoms with Gasteiger partial charge in [0.15, 0.2) is 0 Å². The number of esters is 1. The van der Waals surface area contributed by atoms with E-state index in [1.807, 2.05) is 6.92 Å². The van der Waals surface area contributed by atoms with Crippen molar-refractivity contribution in [2.75, 3.05) is 24.7 Å². The first-order valence-corrected chi connectivity index (χ1v) is 11.8. The van der Waals surface area contributed by atoms with Gasteiger partial charge >= 0.3 is 5.97 Å². The topological polar surface area (TPSA) is 113 Å². The number of rotatable bonds is 14. The van der Waals surface area contributed by atoms with E-state index in [-0.39, 0.29) is 11.9 Å². The number of nitrogens with zero attached hydrogens (tertiary/aromatic N) is 2. The Morgan fingerprint density at radius 3 is 2.25 bits per heavy atom. The van der Waals surface area contributed by atoms with Crippen molar-refractivity contribution in [1.29, 1.82) is 0 Å². The molecule has 0 aliphatic carbocycles. The second kappa shape index (κ2) is 13.6. The Morgan fingerprint density at radius 2 is 1.66 bits per heavy atom. The molecule has 0 aliphatic rings. The molecule has 1 aromatic heterocycles. The van der Waals surface area contributed by atoms with Crippen molar-refractivity contribution in [1.82, 2.24) is 9.97 Å². The maximum Gasteiger partial charge on any atom is 0.305 e. The molecule has 0 fully saturated rings. The van der Waals surface area contributed by atoms with Gasteiger partial charge in [0.1, 0.15) is 11.6 Å². The van der Waals surface area contributed by atoms with Crippen molar-refractivity contribution < 1.29 is 14.3 Å². The number of hydrogen-bond donors (Lipinski definition) is 2. The zero-order chi connectivity index (χ0) is 23.3. The highest BCUT2D eigenvalue weighted by molar-refractivity contribution is 5.69. The molecule has 1 aromatic carbocycles. The highest BCUT2D eigenvalue weighted by Gasteiger charge is 2.14. The van der Waals surface area contributed by atoms with Crippen molar-refractivity contribution in [3.05, 3.63) is 40.6 Å². The van der Waals surface area contributed by atoms with Gasteiger partial charge < -0.3 is 20.9 Å². The van der Waals surface area contributed by atoms with Gasteiger partial charge in [-0.3, -0.25) is 4.79 Å². The average Bonchev–Trinajstić information content (AvgIpc) is 2.74. The van der Waals surface area contributed by atoms with Gasteiger partial charge in [0.25, 0.3) is 0 Å². The number of carbonyl (C=O) groups is 1. The van der Waals surface area contributed by atoms with E-state index >= 15 is 0 Å². The molecule has 176 valence electrons. The molecule has 7 nitrogen and oxygen atoms in total. The van der Waals surface area contributed by atoms with Crippen LogP contribution in [0.25, 0.3) is 0 Å². The summed E-state index contributed by atoms with van der Waals surface area (Å²) in [6.45, 7) is 7.27. The van der Waals surface area contributed by atoms with Crippen LogP contribution in [-0.4, -0.2) is 29.2 Å². The Bertz CT molecular complexity index is 843. The molecule has 2 aromatic rings. The number of nitrogens with two attached hydrogens (primary N) is 2. The number of hydrogen-bond acceptors (Lipinski definition) is 7. The highest BCUT2D eigenvalue weighted by atomic mass is 16.5. The fraction of sp³-hybridized carbons (Fsp3) is 0.560. The number of carbonyl (C=O) groups excluding carboxylic acids is 1. The van der Waals surface area contributed by atoms with Crippen molar-refractivity contribution >= 4 is 17.7 Å². The minimum absolute atomic E-state index is 0.119. The molecule has 0 amide bonds. The predicted molar refractivity (Wildman–Crippen MR) is 129 cm³/mol. The lowest BCUT2D eigenvalue weighted by atomic mass is 9.95. The third kappa shape index (κ3) is 8.02. The van der Waals surface area contributed by atoms with Gasteiger partial charge in [-0.05, 0) is 55.7 Å². The summed E-state index contributed by atoms with van der Waals surface area (Å²) in [5, 5.41) is 0. The summed E-state index contributed by atoms with van der Waals surface area (Å²) >= 11 is 0. The van der Waals surface area contributed by atoms with E-state index in [0.29, 0.717) is 31.9 Å². The fourth-order valence-electron chi connectivity index (χ4n) is 3.77. The summed E-state index contributed by atoms with van der Waals surface area (Å²) in [5.41, 5.74) is 16.2. The minimum Gasteiger partial charge on any atom is -0.493 e. The Kier molecular flexibility index (Phi) is 10.8. The second-order valence-electron chi connectivity index (χ2n) is 8.02. The van der Waals surface area contributed by atoms with Gasteiger partial charge in [0.2, 0.25) is 5.95 Å². The maximum atomic E-state index is 11.5. The largest absolute Gasteiger partial charge is 0.493 e. The summed E-state index contributed by atoms with van der Waals surface area (Å²) in [6.07, 6.45) is 9.52. The molecular formula is C25H38N4O3. The Balaban J connectivity index is 2.09. The summed E-state index contributed by atoms with van der Waals surface area (Å²) < 4.78 is 11.3. The van der Waals surface area contributed by atoms with Gasteiger partial charge in [-0.25, -0.2) is 4.98 Å². The predicted octanol–water partition coefficient (Wildman–Crippen LogP) is 4.64. The van der Waals surface area contributed by atoms with Crippen LogP contribution in [0.5, 0.6) is 5.75 Å². The second-order valence-corrected chi connectivity index (χ2v) is 8.02. The summed E-state index contributed by atoms with van der Waals surface area (Å²) in [6, 6.07) is 4.43. The van der Waals surface area contributed by atoms with Gasteiger partial charge in [-0.15, -0.1) is 0 Å². The Labute approximate surface area is 191 Å². The fourth-order valence-corrected chi connectivity index (χ4v) is 3.77. The summed E-state index contributed by atoms with van der Waals surface area (Å²) in [4.78, 5) is 19.6. The van der Waals surface area contributed by atoms with Crippen LogP contribution < -0.4 is 16.2 Å². The quantitative estimate of drug-likeness (QED) is 0.324. The van der Waals surface area contributed by atoms with Crippen LogP contribution in [0.2, 0.25) is 0 Å². The lowest BCUT2D eigenvalue weighted by Gasteiger charge is -2.18. The molecule has 0 saturated carbocycles. The van der Waals surface area contributed by atoms with Gasteiger partial charge in [-0.1, -0.05) is 38.8 Å². The van der Waals surface area contributed by atoms with Gasteiger partial charge in [-0.2, -0.15) is 4.98 Å². The van der Waals surface area contributed by atoms with E-state index in [1.165, 1.54) is 16.7 Å². The Morgan fingerprint density at radius 1 is 0.969 bits per heavy atom. The number of aryl methyl sites for hydroxylation is 2. The zero-order valence-corrected chi connectivity index (χ0v) is 19.8. The number of unbranched alkanes of at least 4 members (excludes halogenated alkanes) is 2. The van der Waals surface area contributed by atoms with E-state index in [9.17, 15) is 4.79 Å². The lowest BCUT2D eigenvalue weighted by molar-refractivity contribution is -0.143. The van der Waals surface area contributed by atoms with E-state index in [2.05, 4.69) is 35.9 Å².